The average Bonchev–Trinajstić information content (AvgIpc) is 3.43. The van der Waals surface area contributed by atoms with E-state index in [0.29, 0.717) is 11.1 Å². The molecular formula is C23H16FN3O3S. The van der Waals surface area contributed by atoms with E-state index in [9.17, 15) is 14.0 Å². The van der Waals surface area contributed by atoms with Crippen LogP contribution in [0.3, 0.4) is 0 Å². The summed E-state index contributed by atoms with van der Waals surface area (Å²) < 4.78 is 20.2. The van der Waals surface area contributed by atoms with E-state index in [0.717, 1.165) is 15.8 Å². The number of amides is 1. The van der Waals surface area contributed by atoms with Gasteiger partial charge in [-0.15, -0.1) is 11.3 Å². The molecule has 0 saturated carbocycles. The number of nitrogens with one attached hydrogen (secondary N) is 1. The van der Waals surface area contributed by atoms with Gasteiger partial charge < -0.3 is 9.73 Å². The van der Waals surface area contributed by atoms with Crippen molar-refractivity contribution in [3.8, 4) is 0 Å². The smallest absolute Gasteiger partial charge is 0.297 e. The van der Waals surface area contributed by atoms with Gasteiger partial charge in [0.05, 0.1) is 12.4 Å². The Balaban J connectivity index is 1.44. The van der Waals surface area contributed by atoms with E-state index < -0.39 is 11.6 Å². The number of hydrogen-bond donors (Lipinski definition) is 1. The lowest BCUT2D eigenvalue weighted by atomic mass is 10.1. The van der Waals surface area contributed by atoms with Crippen molar-refractivity contribution < 1.29 is 13.6 Å². The van der Waals surface area contributed by atoms with Gasteiger partial charge in [-0.05, 0) is 41.3 Å². The predicted octanol–water partition coefficient (Wildman–Crippen LogP) is 4.25. The second kappa shape index (κ2) is 7.81. The molecule has 0 radical (unpaired) electrons. The standard InChI is InChI=1S/C23H16FN3O3S/c24-15-9-7-14(8-10-15)20(18-6-3-11-31-18)26-19(28)12-27-13-25-21-16-4-1-2-5-17(16)30-22(21)23(27)29/h1-11,13,20H,12H2,(H,26,28). The van der Waals surface area contributed by atoms with Gasteiger partial charge in [-0.3, -0.25) is 14.2 Å². The van der Waals surface area contributed by atoms with Crippen LogP contribution in [0, 0.1) is 5.82 Å². The van der Waals surface area contributed by atoms with Gasteiger partial charge in [0.1, 0.15) is 23.5 Å². The summed E-state index contributed by atoms with van der Waals surface area (Å²) >= 11 is 1.48. The molecule has 1 atom stereocenters. The van der Waals surface area contributed by atoms with Gasteiger partial charge in [0, 0.05) is 10.3 Å². The predicted molar refractivity (Wildman–Crippen MR) is 116 cm³/mol. The summed E-state index contributed by atoms with van der Waals surface area (Å²) in [7, 11) is 0. The van der Waals surface area contributed by atoms with E-state index in [1.165, 1.54) is 34.4 Å². The van der Waals surface area contributed by atoms with Crippen LogP contribution < -0.4 is 10.9 Å². The first-order valence-corrected chi connectivity index (χ1v) is 10.4. The Kier molecular flexibility index (Phi) is 4.83. The summed E-state index contributed by atoms with van der Waals surface area (Å²) in [6.07, 6.45) is 1.35. The van der Waals surface area contributed by atoms with Gasteiger partial charge in [0.2, 0.25) is 11.5 Å². The number of nitrogens with zero attached hydrogens (tertiary/aromatic N) is 2. The molecule has 0 aliphatic heterocycles. The van der Waals surface area contributed by atoms with E-state index in [1.54, 1.807) is 18.2 Å². The lowest BCUT2D eigenvalue weighted by Crippen LogP contribution is -2.35. The maximum Gasteiger partial charge on any atom is 0.297 e. The van der Waals surface area contributed by atoms with Crippen molar-refractivity contribution in [2.45, 2.75) is 12.6 Å². The molecule has 0 aliphatic carbocycles. The lowest BCUT2D eigenvalue weighted by Gasteiger charge is -2.18. The van der Waals surface area contributed by atoms with E-state index >= 15 is 0 Å². The van der Waals surface area contributed by atoms with Crippen molar-refractivity contribution in [3.05, 3.63) is 99.0 Å². The second-order valence-corrected chi connectivity index (χ2v) is 8.00. The highest BCUT2D eigenvalue weighted by molar-refractivity contribution is 7.10. The molecule has 154 valence electrons. The van der Waals surface area contributed by atoms with Gasteiger partial charge in [-0.1, -0.05) is 30.3 Å². The molecule has 3 aromatic heterocycles. The molecule has 0 saturated heterocycles. The highest BCUT2D eigenvalue weighted by Crippen LogP contribution is 2.27. The molecule has 5 rings (SSSR count). The number of halogens is 1. The lowest BCUT2D eigenvalue weighted by molar-refractivity contribution is -0.122. The van der Waals surface area contributed by atoms with Crippen LogP contribution in [0.15, 0.2) is 81.6 Å². The summed E-state index contributed by atoms with van der Waals surface area (Å²) in [6.45, 7) is -0.220. The molecule has 0 fully saturated rings. The summed E-state index contributed by atoms with van der Waals surface area (Å²) in [5, 5.41) is 5.59. The average molecular weight is 433 g/mol. The number of aromatic nitrogens is 2. The Morgan fingerprint density at radius 2 is 1.94 bits per heavy atom. The van der Waals surface area contributed by atoms with Crippen LogP contribution in [0.2, 0.25) is 0 Å². The number of para-hydroxylation sites is 1. The Labute approximate surface area is 179 Å². The van der Waals surface area contributed by atoms with E-state index in [1.807, 2.05) is 35.7 Å². The highest BCUT2D eigenvalue weighted by atomic mass is 32.1. The molecule has 6 nitrogen and oxygen atoms in total. The highest BCUT2D eigenvalue weighted by Gasteiger charge is 2.20. The SMILES string of the molecule is O=C(Cn1cnc2c(oc3ccccc32)c1=O)NC(c1ccc(F)cc1)c1cccs1. The largest absolute Gasteiger partial charge is 0.448 e. The third-order valence-corrected chi connectivity index (χ3v) is 5.94. The second-order valence-electron chi connectivity index (χ2n) is 7.02. The molecule has 0 bridgehead atoms. The molecule has 1 amide bonds. The Morgan fingerprint density at radius 1 is 1.13 bits per heavy atom. The zero-order chi connectivity index (χ0) is 21.4. The first-order valence-electron chi connectivity index (χ1n) is 9.55. The number of fused-ring (bicyclic) bond motifs is 3. The molecule has 0 spiro atoms. The molecule has 1 N–H and O–H groups in total. The summed E-state index contributed by atoms with van der Waals surface area (Å²) in [5.74, 6) is -0.723. The molecule has 8 heteroatoms. The van der Waals surface area contributed by atoms with E-state index in [4.69, 9.17) is 4.42 Å². The van der Waals surface area contributed by atoms with Gasteiger partial charge in [-0.25, -0.2) is 9.37 Å². The van der Waals surface area contributed by atoms with Crippen LogP contribution in [-0.4, -0.2) is 15.5 Å². The Morgan fingerprint density at radius 3 is 2.71 bits per heavy atom. The third kappa shape index (κ3) is 3.62. The first-order chi connectivity index (χ1) is 15.1. The van der Waals surface area contributed by atoms with Crippen LogP contribution in [0.1, 0.15) is 16.5 Å². The molecule has 31 heavy (non-hydrogen) atoms. The summed E-state index contributed by atoms with van der Waals surface area (Å²) in [5.41, 5.74) is 1.48. The molecular weight excluding hydrogens is 417 g/mol. The molecule has 5 aromatic rings. The number of carbonyl (C=O) groups excluding carboxylic acids is 1. The zero-order valence-corrected chi connectivity index (χ0v) is 16.9. The number of benzene rings is 2. The maximum absolute atomic E-state index is 13.4. The monoisotopic (exact) mass is 433 g/mol. The van der Waals surface area contributed by atoms with Crippen molar-refractivity contribution in [3.63, 3.8) is 0 Å². The zero-order valence-electron chi connectivity index (χ0n) is 16.1. The number of thiophene rings is 1. The fourth-order valence-corrected chi connectivity index (χ4v) is 4.32. The molecule has 3 heterocycles. The van der Waals surface area contributed by atoms with Crippen LogP contribution in [-0.2, 0) is 11.3 Å². The fraction of sp³-hybridized carbons (Fsp3) is 0.0870. The quantitative estimate of drug-likeness (QED) is 0.450. The van der Waals surface area contributed by atoms with Crippen LogP contribution in [0.5, 0.6) is 0 Å². The summed E-state index contributed by atoms with van der Waals surface area (Å²) in [6, 6.07) is 16.6. The van der Waals surface area contributed by atoms with Crippen molar-refractivity contribution in [2.24, 2.45) is 0 Å². The first kappa shape index (κ1) is 19.2. The van der Waals surface area contributed by atoms with Crippen molar-refractivity contribution in [2.75, 3.05) is 0 Å². The van der Waals surface area contributed by atoms with E-state index in [-0.39, 0.29) is 23.9 Å². The van der Waals surface area contributed by atoms with E-state index in [2.05, 4.69) is 10.3 Å². The minimum absolute atomic E-state index is 0.116. The number of rotatable bonds is 5. The fourth-order valence-electron chi connectivity index (χ4n) is 3.52. The Hall–Kier alpha value is -3.78. The Bertz CT molecular complexity index is 1440. The minimum Gasteiger partial charge on any atom is -0.448 e. The molecule has 2 aromatic carbocycles. The van der Waals surface area contributed by atoms with Crippen molar-refractivity contribution in [1.29, 1.82) is 0 Å². The molecule has 1 unspecified atom stereocenters. The molecule has 0 aliphatic rings. The third-order valence-electron chi connectivity index (χ3n) is 5.00. The van der Waals surface area contributed by atoms with Crippen molar-refractivity contribution >= 4 is 39.3 Å². The summed E-state index contributed by atoms with van der Waals surface area (Å²) in [4.78, 5) is 30.9. The number of hydrogen-bond acceptors (Lipinski definition) is 5. The topological polar surface area (TPSA) is 77.1 Å². The van der Waals surface area contributed by atoms with Crippen LogP contribution in [0.25, 0.3) is 22.1 Å². The minimum atomic E-state index is -0.452. The van der Waals surface area contributed by atoms with Gasteiger partial charge >= 0.3 is 0 Å². The van der Waals surface area contributed by atoms with Gasteiger partial charge in [0.15, 0.2) is 0 Å². The van der Waals surface area contributed by atoms with Gasteiger partial charge in [-0.2, -0.15) is 0 Å². The van der Waals surface area contributed by atoms with Crippen LogP contribution >= 0.6 is 11.3 Å². The normalized spacial score (nSPS) is 12.3. The number of furan rings is 1. The van der Waals surface area contributed by atoms with Gasteiger partial charge in [0.25, 0.3) is 5.56 Å². The maximum atomic E-state index is 13.4. The number of carbonyl (C=O) groups is 1. The van der Waals surface area contributed by atoms with Crippen LogP contribution in [0.4, 0.5) is 4.39 Å². The van der Waals surface area contributed by atoms with Crippen molar-refractivity contribution in [1.82, 2.24) is 14.9 Å².